The molecule has 60 valence electrons. The van der Waals surface area contributed by atoms with E-state index in [0.29, 0.717) is 5.56 Å². The lowest BCUT2D eigenvalue weighted by atomic mass is 10.1. The number of rotatable bonds is 2. The number of carbonyl (C=O) groups excluding carboxylic acids is 1. The molecule has 2 heteroatoms. The summed E-state index contributed by atoms with van der Waals surface area (Å²) in [6.07, 6.45) is 1.12. The number of aryl methyl sites for hydroxylation is 1. The van der Waals surface area contributed by atoms with Gasteiger partial charge in [-0.1, -0.05) is 29.8 Å². The van der Waals surface area contributed by atoms with Crippen molar-refractivity contribution in [1.29, 1.82) is 5.41 Å². The predicted molar refractivity (Wildman–Crippen MR) is 47.8 cm³/mol. The number of carbonyl (C=O) groups is 1. The third kappa shape index (κ3) is 1.91. The molecule has 0 saturated carbocycles. The van der Waals surface area contributed by atoms with E-state index in [1.54, 1.807) is 12.1 Å². The summed E-state index contributed by atoms with van der Waals surface area (Å²) in [5.41, 5.74) is 1.71. The van der Waals surface area contributed by atoms with Gasteiger partial charge in [0.15, 0.2) is 5.78 Å². The maximum absolute atomic E-state index is 11.1. The summed E-state index contributed by atoms with van der Waals surface area (Å²) >= 11 is 0. The first-order chi connectivity index (χ1) is 5.74. The molecule has 1 aromatic rings. The van der Waals surface area contributed by atoms with Gasteiger partial charge in [-0.25, -0.2) is 0 Å². The van der Waals surface area contributed by atoms with E-state index in [4.69, 9.17) is 5.41 Å². The molecule has 0 unspecified atom stereocenters. The van der Waals surface area contributed by atoms with Gasteiger partial charge in [0.1, 0.15) is 0 Å². The van der Waals surface area contributed by atoms with Crippen molar-refractivity contribution in [2.24, 2.45) is 0 Å². The molecule has 1 rings (SSSR count). The molecule has 1 aromatic carbocycles. The summed E-state index contributed by atoms with van der Waals surface area (Å²) < 4.78 is 0. The highest BCUT2D eigenvalue weighted by molar-refractivity contribution is 6.08. The monoisotopic (exact) mass is 159 g/mol. The van der Waals surface area contributed by atoms with Crippen LogP contribution in [0.25, 0.3) is 0 Å². The van der Waals surface area contributed by atoms with Crippen LogP contribution in [0.15, 0.2) is 30.3 Å². The normalized spacial score (nSPS) is 8.75. The topological polar surface area (TPSA) is 40.9 Å². The van der Waals surface area contributed by atoms with Gasteiger partial charge in [0.2, 0.25) is 0 Å². The zero-order valence-corrected chi connectivity index (χ0v) is 6.79. The molecule has 0 atom stereocenters. The first kappa shape index (κ1) is 8.44. The van der Waals surface area contributed by atoms with Crippen LogP contribution in [0.4, 0.5) is 0 Å². The highest BCUT2D eigenvalue weighted by Gasteiger charge is 1.99. The van der Waals surface area contributed by atoms with Gasteiger partial charge in [0.05, 0.1) is 0 Å². The van der Waals surface area contributed by atoms with Gasteiger partial charge in [-0.3, -0.25) is 10.2 Å². The maximum atomic E-state index is 11.1. The summed E-state index contributed by atoms with van der Waals surface area (Å²) in [5, 5.41) is 6.60. The molecule has 0 aliphatic carbocycles. The largest absolute Gasteiger partial charge is 0.289 e. The van der Waals surface area contributed by atoms with Crippen molar-refractivity contribution in [2.45, 2.75) is 6.92 Å². The third-order valence-corrected chi connectivity index (χ3v) is 1.54. The van der Waals surface area contributed by atoms with Crippen LogP contribution in [0.2, 0.25) is 0 Å². The summed E-state index contributed by atoms with van der Waals surface area (Å²) in [7, 11) is 0. The zero-order chi connectivity index (χ0) is 8.97. The van der Waals surface area contributed by atoms with Crippen LogP contribution in [-0.2, 0) is 0 Å². The molecule has 0 bridgehead atoms. The van der Waals surface area contributed by atoms with E-state index in [2.05, 4.69) is 0 Å². The van der Waals surface area contributed by atoms with Crippen molar-refractivity contribution in [3.05, 3.63) is 41.5 Å². The second kappa shape index (κ2) is 3.65. The molecule has 0 radical (unpaired) electrons. The van der Waals surface area contributed by atoms with E-state index in [-0.39, 0.29) is 5.78 Å². The van der Waals surface area contributed by atoms with Gasteiger partial charge in [-0.2, -0.15) is 0 Å². The predicted octanol–water partition coefficient (Wildman–Crippen LogP) is 1.98. The first-order valence-corrected chi connectivity index (χ1v) is 3.60. The lowest BCUT2D eigenvalue weighted by Crippen LogP contribution is -1.93. The zero-order valence-electron chi connectivity index (χ0n) is 6.79. The van der Waals surface area contributed by atoms with E-state index < -0.39 is 0 Å². The molecule has 0 aliphatic rings. The summed E-state index contributed by atoms with van der Waals surface area (Å²) in [4.78, 5) is 11.1. The van der Waals surface area contributed by atoms with Crippen LogP contribution in [0.1, 0.15) is 15.9 Å². The Balaban J connectivity index is 2.97. The van der Waals surface area contributed by atoms with E-state index in [1.807, 2.05) is 24.9 Å². The maximum Gasteiger partial charge on any atom is 0.195 e. The smallest absolute Gasteiger partial charge is 0.195 e. The summed E-state index contributed by atoms with van der Waals surface area (Å²) in [6.45, 7) is 1.96. The van der Waals surface area contributed by atoms with Crippen LogP contribution >= 0.6 is 0 Å². The van der Waals surface area contributed by atoms with Crippen LogP contribution in [0.3, 0.4) is 0 Å². The van der Waals surface area contributed by atoms with Crippen LogP contribution in [0.5, 0.6) is 0 Å². The molecule has 1 N–H and O–H groups in total. The van der Waals surface area contributed by atoms with Gasteiger partial charge in [0, 0.05) is 11.6 Å². The molecule has 0 aromatic heterocycles. The SMILES string of the molecule is Cc1ccc(C(=O)C=C=N)cc1. The van der Waals surface area contributed by atoms with E-state index >= 15 is 0 Å². The van der Waals surface area contributed by atoms with Crippen molar-refractivity contribution in [3.8, 4) is 0 Å². The molecule has 0 spiro atoms. The van der Waals surface area contributed by atoms with Gasteiger partial charge < -0.3 is 0 Å². The Kier molecular flexibility index (Phi) is 2.57. The number of allylic oxidation sites excluding steroid dienone is 1. The lowest BCUT2D eigenvalue weighted by molar-refractivity contribution is 0.104. The molecule has 12 heavy (non-hydrogen) atoms. The summed E-state index contributed by atoms with van der Waals surface area (Å²) in [6, 6.07) is 7.22. The third-order valence-electron chi connectivity index (χ3n) is 1.54. The second-order valence-electron chi connectivity index (χ2n) is 2.52. The molecular weight excluding hydrogens is 150 g/mol. The minimum atomic E-state index is -0.176. The Morgan fingerprint density at radius 3 is 2.50 bits per heavy atom. The van der Waals surface area contributed by atoms with Crippen LogP contribution < -0.4 is 0 Å². The quantitative estimate of drug-likeness (QED) is 0.400. The fourth-order valence-electron chi connectivity index (χ4n) is 0.867. The average molecular weight is 159 g/mol. The molecule has 0 aliphatic heterocycles. The number of hydrogen-bond donors (Lipinski definition) is 1. The number of ketones is 1. The molecule has 0 fully saturated rings. The van der Waals surface area contributed by atoms with Crippen molar-refractivity contribution < 1.29 is 4.79 Å². The Morgan fingerprint density at radius 2 is 2.00 bits per heavy atom. The van der Waals surface area contributed by atoms with Crippen LogP contribution in [0, 0.1) is 12.3 Å². The lowest BCUT2D eigenvalue weighted by Gasteiger charge is -1.94. The number of nitrogens with one attached hydrogen (secondary N) is 1. The van der Waals surface area contributed by atoms with Gasteiger partial charge in [0.25, 0.3) is 0 Å². The minimum absolute atomic E-state index is 0.176. The Bertz CT molecular complexity index is 331. The van der Waals surface area contributed by atoms with Crippen molar-refractivity contribution in [1.82, 2.24) is 0 Å². The van der Waals surface area contributed by atoms with Crippen LogP contribution in [-0.4, -0.2) is 11.7 Å². The Morgan fingerprint density at radius 1 is 1.42 bits per heavy atom. The standard InChI is InChI=1S/C10H9NO/c1-8-2-4-9(5-3-8)10(12)6-7-11/h2-6,11H,1H3. The molecular formula is C10H9NO. The van der Waals surface area contributed by atoms with Crippen molar-refractivity contribution in [2.75, 3.05) is 0 Å². The molecule has 0 amide bonds. The second-order valence-corrected chi connectivity index (χ2v) is 2.52. The molecule has 2 nitrogen and oxygen atoms in total. The highest BCUT2D eigenvalue weighted by Crippen LogP contribution is 2.03. The van der Waals surface area contributed by atoms with Crippen molar-refractivity contribution >= 4 is 11.7 Å². The molecule has 0 heterocycles. The fraction of sp³-hybridized carbons (Fsp3) is 0.100. The molecule has 0 saturated heterocycles. The highest BCUT2D eigenvalue weighted by atomic mass is 16.1. The fourth-order valence-corrected chi connectivity index (χ4v) is 0.867. The van der Waals surface area contributed by atoms with Gasteiger partial charge in [-0.05, 0) is 12.8 Å². The average Bonchev–Trinajstić information content (AvgIpc) is 2.06. The Labute approximate surface area is 71.0 Å². The van der Waals surface area contributed by atoms with E-state index in [1.165, 1.54) is 0 Å². The first-order valence-electron chi connectivity index (χ1n) is 3.60. The number of hydrogen-bond acceptors (Lipinski definition) is 2. The van der Waals surface area contributed by atoms with E-state index in [0.717, 1.165) is 11.6 Å². The van der Waals surface area contributed by atoms with Gasteiger partial charge >= 0.3 is 0 Å². The Hall–Kier alpha value is -1.66. The van der Waals surface area contributed by atoms with Gasteiger partial charge in [-0.15, -0.1) is 0 Å². The van der Waals surface area contributed by atoms with Crippen molar-refractivity contribution in [3.63, 3.8) is 0 Å². The minimum Gasteiger partial charge on any atom is -0.289 e. The number of benzene rings is 1. The van der Waals surface area contributed by atoms with E-state index in [9.17, 15) is 4.79 Å². The summed E-state index contributed by atoms with van der Waals surface area (Å²) in [5.74, 6) is 1.78.